The van der Waals surface area contributed by atoms with Crippen LogP contribution in [0.15, 0.2) is 36.4 Å². The van der Waals surface area contributed by atoms with Crippen LogP contribution in [0.3, 0.4) is 0 Å². The predicted molar refractivity (Wildman–Crippen MR) is 127 cm³/mol. The molecule has 0 spiro atoms. The van der Waals surface area contributed by atoms with E-state index in [2.05, 4.69) is 4.90 Å². The summed E-state index contributed by atoms with van der Waals surface area (Å²) in [5.74, 6) is 1.17. The Balaban J connectivity index is 1.17. The predicted octanol–water partition coefficient (Wildman–Crippen LogP) is 3.55. The summed E-state index contributed by atoms with van der Waals surface area (Å²) in [5, 5.41) is 0.906. The molecule has 174 valence electrons. The summed E-state index contributed by atoms with van der Waals surface area (Å²) < 4.78 is 11.2. The molecule has 0 radical (unpaired) electrons. The minimum absolute atomic E-state index is 0.0226. The molecule has 2 bridgehead atoms. The molecule has 5 aliphatic heterocycles. The lowest BCUT2D eigenvalue weighted by Gasteiger charge is -2.46. The van der Waals surface area contributed by atoms with Crippen LogP contribution in [0, 0.1) is 11.8 Å². The average molecular weight is 468 g/mol. The lowest BCUT2D eigenvalue weighted by atomic mass is 9.76. The van der Waals surface area contributed by atoms with Gasteiger partial charge in [0.2, 0.25) is 0 Å². The monoisotopic (exact) mass is 467 g/mol. The molecule has 2 atom stereocenters. The number of nitrogens with zero attached hydrogens (tertiary/aromatic N) is 3. The number of hydrogen-bond acceptors (Lipinski definition) is 6. The zero-order chi connectivity index (χ0) is 22.4. The van der Waals surface area contributed by atoms with E-state index < -0.39 is 0 Å². The molecule has 0 N–H and O–H groups in total. The van der Waals surface area contributed by atoms with Crippen molar-refractivity contribution in [2.45, 2.75) is 18.9 Å². The minimum Gasteiger partial charge on any atom is -0.444 e. The summed E-state index contributed by atoms with van der Waals surface area (Å²) in [6, 6.07) is 11.8. The van der Waals surface area contributed by atoms with Gasteiger partial charge in [0, 0.05) is 36.0 Å². The van der Waals surface area contributed by atoms with Gasteiger partial charge in [-0.05, 0) is 61.7 Å². The second-order valence-corrected chi connectivity index (χ2v) is 10.5. The molecule has 6 heterocycles. The average Bonchev–Trinajstić information content (AvgIpc) is 3.52. The van der Waals surface area contributed by atoms with Crippen molar-refractivity contribution in [3.05, 3.63) is 42.0 Å². The molecule has 5 saturated heterocycles. The van der Waals surface area contributed by atoms with E-state index in [1.54, 1.807) is 16.2 Å². The van der Waals surface area contributed by atoms with E-state index in [1.807, 2.05) is 41.3 Å². The van der Waals surface area contributed by atoms with Gasteiger partial charge in [0.15, 0.2) is 0 Å². The third-order valence-electron chi connectivity index (χ3n) is 7.57. The van der Waals surface area contributed by atoms with Crippen LogP contribution < -0.4 is 4.90 Å². The number of anilines is 1. The zero-order valence-electron chi connectivity index (χ0n) is 18.7. The standard InChI is InChI=1S/C25H29N3O4S/c29-24(27-10-12-31-13-11-27)19-3-1-2-18(14-19)22-4-5-23(33-22)28-16-21(32-25(28)30)20-15-26-8-6-17(20)7-9-26/h1-5,14,17,20-21H,6-13,15-16H2/t20?,21-/m0/s1. The fourth-order valence-electron chi connectivity index (χ4n) is 5.70. The Morgan fingerprint density at radius 1 is 1.00 bits per heavy atom. The highest BCUT2D eigenvalue weighted by Crippen LogP contribution is 2.40. The summed E-state index contributed by atoms with van der Waals surface area (Å²) in [7, 11) is 0. The van der Waals surface area contributed by atoms with E-state index in [-0.39, 0.29) is 18.1 Å². The number of thiophene rings is 1. The molecular formula is C25H29N3O4S. The van der Waals surface area contributed by atoms with Crippen LogP contribution in [-0.4, -0.2) is 80.4 Å². The normalized spacial score (nSPS) is 29.4. The van der Waals surface area contributed by atoms with Crippen molar-refractivity contribution in [1.82, 2.24) is 9.80 Å². The first-order valence-electron chi connectivity index (χ1n) is 11.9. The van der Waals surface area contributed by atoms with E-state index in [0.29, 0.717) is 50.2 Å². The Kier molecular flexibility index (Phi) is 5.60. The molecule has 5 aliphatic rings. The van der Waals surface area contributed by atoms with Crippen LogP contribution in [0.25, 0.3) is 10.4 Å². The lowest BCUT2D eigenvalue weighted by Crippen LogP contribution is -2.52. The van der Waals surface area contributed by atoms with Gasteiger partial charge in [-0.1, -0.05) is 12.1 Å². The van der Waals surface area contributed by atoms with E-state index >= 15 is 0 Å². The van der Waals surface area contributed by atoms with Crippen molar-refractivity contribution in [3.63, 3.8) is 0 Å². The summed E-state index contributed by atoms with van der Waals surface area (Å²) in [5.41, 5.74) is 1.68. The van der Waals surface area contributed by atoms with Gasteiger partial charge in [-0.3, -0.25) is 9.69 Å². The first-order valence-corrected chi connectivity index (χ1v) is 12.8. The van der Waals surface area contributed by atoms with Gasteiger partial charge in [-0.25, -0.2) is 4.79 Å². The van der Waals surface area contributed by atoms with Crippen LogP contribution in [0.2, 0.25) is 0 Å². The number of ether oxygens (including phenoxy) is 2. The Morgan fingerprint density at radius 3 is 2.58 bits per heavy atom. The van der Waals surface area contributed by atoms with Gasteiger partial charge < -0.3 is 19.3 Å². The van der Waals surface area contributed by atoms with Crippen molar-refractivity contribution in [3.8, 4) is 10.4 Å². The number of fused-ring (bicyclic) bond motifs is 3. The largest absolute Gasteiger partial charge is 0.444 e. The maximum atomic E-state index is 12.9. The van der Waals surface area contributed by atoms with E-state index in [0.717, 1.165) is 22.0 Å². The van der Waals surface area contributed by atoms with Crippen LogP contribution >= 0.6 is 11.3 Å². The SMILES string of the molecule is O=C(c1cccc(-c2ccc(N3C[C@@H](C4CN5CCC4CC5)OC3=O)s2)c1)N1CCOCC1. The molecule has 1 aromatic carbocycles. The van der Waals surface area contributed by atoms with Crippen molar-refractivity contribution < 1.29 is 19.1 Å². The van der Waals surface area contributed by atoms with Crippen LogP contribution in [-0.2, 0) is 9.47 Å². The van der Waals surface area contributed by atoms with Crippen molar-refractivity contribution in [2.24, 2.45) is 11.8 Å². The molecule has 2 aromatic rings. The molecule has 0 aliphatic carbocycles. The Morgan fingerprint density at radius 2 is 1.82 bits per heavy atom. The van der Waals surface area contributed by atoms with Crippen molar-refractivity contribution in [1.29, 1.82) is 0 Å². The second-order valence-electron chi connectivity index (χ2n) is 9.46. The first-order chi connectivity index (χ1) is 16.2. The fourth-order valence-corrected chi connectivity index (χ4v) is 6.70. The van der Waals surface area contributed by atoms with Crippen LogP contribution in [0.1, 0.15) is 23.2 Å². The van der Waals surface area contributed by atoms with E-state index in [1.165, 1.54) is 25.9 Å². The van der Waals surface area contributed by atoms with Gasteiger partial charge in [-0.2, -0.15) is 0 Å². The maximum absolute atomic E-state index is 12.9. The number of carbonyl (C=O) groups excluding carboxylic acids is 2. The summed E-state index contributed by atoms with van der Waals surface area (Å²) >= 11 is 1.58. The first kappa shape index (κ1) is 21.1. The highest BCUT2D eigenvalue weighted by atomic mass is 32.1. The number of morpholine rings is 1. The summed E-state index contributed by atoms with van der Waals surface area (Å²) in [4.78, 5) is 32.8. The number of rotatable bonds is 4. The van der Waals surface area contributed by atoms with E-state index in [9.17, 15) is 9.59 Å². The van der Waals surface area contributed by atoms with E-state index in [4.69, 9.17) is 9.47 Å². The number of amides is 2. The Labute approximate surface area is 197 Å². The van der Waals surface area contributed by atoms with Crippen molar-refractivity contribution >= 4 is 28.3 Å². The molecule has 7 nitrogen and oxygen atoms in total. The molecule has 2 amide bonds. The second kappa shape index (κ2) is 8.74. The number of benzene rings is 1. The molecule has 7 rings (SSSR count). The quantitative estimate of drug-likeness (QED) is 0.688. The molecule has 1 unspecified atom stereocenters. The van der Waals surface area contributed by atoms with Gasteiger partial charge in [-0.15, -0.1) is 11.3 Å². The molecule has 8 heteroatoms. The van der Waals surface area contributed by atoms with Crippen LogP contribution in [0.5, 0.6) is 0 Å². The Bertz CT molecular complexity index is 1040. The fraction of sp³-hybridized carbons (Fsp3) is 0.520. The zero-order valence-corrected chi connectivity index (χ0v) is 19.5. The topological polar surface area (TPSA) is 62.3 Å². The molecular weight excluding hydrogens is 438 g/mol. The van der Waals surface area contributed by atoms with Crippen LogP contribution in [0.4, 0.5) is 9.80 Å². The number of hydrogen-bond donors (Lipinski definition) is 0. The van der Waals surface area contributed by atoms with Crippen molar-refractivity contribution in [2.75, 3.05) is 57.4 Å². The lowest BCUT2D eigenvalue weighted by molar-refractivity contribution is -0.0138. The molecule has 1 aromatic heterocycles. The molecule has 5 fully saturated rings. The minimum atomic E-state index is -0.235. The summed E-state index contributed by atoms with van der Waals surface area (Å²) in [6.07, 6.45) is 2.19. The molecule has 33 heavy (non-hydrogen) atoms. The van der Waals surface area contributed by atoms with Gasteiger partial charge in [0.05, 0.1) is 19.8 Å². The Hall–Kier alpha value is -2.42. The summed E-state index contributed by atoms with van der Waals surface area (Å²) in [6.45, 7) is 6.49. The molecule has 0 saturated carbocycles. The van der Waals surface area contributed by atoms with Gasteiger partial charge in [0.1, 0.15) is 11.1 Å². The highest BCUT2D eigenvalue weighted by Gasteiger charge is 2.45. The third kappa shape index (κ3) is 4.05. The van der Waals surface area contributed by atoms with Gasteiger partial charge in [0.25, 0.3) is 5.91 Å². The van der Waals surface area contributed by atoms with Gasteiger partial charge >= 0.3 is 6.09 Å². The number of piperidine rings is 3. The smallest absolute Gasteiger partial charge is 0.415 e. The third-order valence-corrected chi connectivity index (χ3v) is 8.73. The maximum Gasteiger partial charge on any atom is 0.415 e. The highest BCUT2D eigenvalue weighted by molar-refractivity contribution is 7.19. The number of carbonyl (C=O) groups is 2. The number of cyclic esters (lactones) is 1.